The van der Waals surface area contributed by atoms with E-state index in [1.165, 1.54) is 73.6 Å². The smallest absolute Gasteiger partial charge is 0.0820 e. The molecule has 0 saturated heterocycles. The summed E-state index contributed by atoms with van der Waals surface area (Å²) >= 11 is 0. The van der Waals surface area contributed by atoms with E-state index < -0.39 is 0 Å². The predicted molar refractivity (Wildman–Crippen MR) is 166 cm³/mol. The number of nitrogens with zero attached hydrogens (tertiary/aromatic N) is 3. The van der Waals surface area contributed by atoms with E-state index in [4.69, 9.17) is 15.0 Å². The molecule has 0 spiro atoms. The second-order valence-corrected chi connectivity index (χ2v) is 10.3. The molecule has 1 aromatic heterocycles. The summed E-state index contributed by atoms with van der Waals surface area (Å²) in [4.78, 5) is 14.9. The molecule has 0 saturated carbocycles. The topological polar surface area (TPSA) is 37.6 Å². The van der Waals surface area contributed by atoms with Crippen LogP contribution in [0.1, 0.15) is 113 Å². The zero-order valence-corrected chi connectivity index (χ0v) is 24.2. The summed E-state index contributed by atoms with van der Waals surface area (Å²) in [6, 6.07) is 19.4. The molecule has 202 valence electrons. The van der Waals surface area contributed by atoms with Gasteiger partial charge in [0.25, 0.3) is 0 Å². The maximum absolute atomic E-state index is 5.01. The number of rotatable bonds is 16. The monoisotopic (exact) mass is 509 g/mol. The minimum absolute atomic E-state index is 0.867. The van der Waals surface area contributed by atoms with Gasteiger partial charge in [0.05, 0.1) is 35.2 Å². The van der Waals surface area contributed by atoms with E-state index in [-0.39, 0.29) is 0 Å². The molecule has 0 N–H and O–H groups in total. The number of benzene rings is 2. The molecule has 0 aliphatic rings. The second kappa shape index (κ2) is 16.7. The molecule has 0 aliphatic heterocycles. The van der Waals surface area contributed by atoms with Gasteiger partial charge >= 0.3 is 0 Å². The molecule has 0 radical (unpaired) electrons. The Kier molecular flexibility index (Phi) is 13.0. The fourth-order valence-electron chi connectivity index (χ4n) is 4.77. The van der Waals surface area contributed by atoms with Gasteiger partial charge in [0.15, 0.2) is 0 Å². The zero-order chi connectivity index (χ0) is 27.0. The van der Waals surface area contributed by atoms with Crippen molar-refractivity contribution in [3.8, 4) is 0 Å². The van der Waals surface area contributed by atoms with E-state index >= 15 is 0 Å². The average molecular weight is 510 g/mol. The molecule has 38 heavy (non-hydrogen) atoms. The van der Waals surface area contributed by atoms with Crippen LogP contribution in [-0.2, 0) is 25.7 Å². The van der Waals surface area contributed by atoms with E-state index in [1.54, 1.807) is 0 Å². The summed E-state index contributed by atoms with van der Waals surface area (Å²) in [5.41, 5.74) is 9.39. The predicted octanol–water partition coefficient (Wildman–Crippen LogP) is 9.95. The Morgan fingerprint density at radius 3 is 1.13 bits per heavy atom. The fraction of sp³-hybridized carbons (Fsp3) is 0.457. The van der Waals surface area contributed by atoms with Crippen molar-refractivity contribution in [2.45, 2.75) is 105 Å². The van der Waals surface area contributed by atoms with Crippen LogP contribution >= 0.6 is 0 Å². The van der Waals surface area contributed by atoms with Crippen molar-refractivity contribution in [1.29, 1.82) is 0 Å². The summed E-state index contributed by atoms with van der Waals surface area (Å²) in [6.07, 6.45) is 17.6. The first-order chi connectivity index (χ1) is 18.7. The molecule has 3 aromatic rings. The van der Waals surface area contributed by atoms with E-state index in [1.807, 2.05) is 24.6 Å². The number of hydrogen-bond donors (Lipinski definition) is 0. The summed E-state index contributed by atoms with van der Waals surface area (Å²) in [7, 11) is 0. The van der Waals surface area contributed by atoms with Gasteiger partial charge in [-0.15, -0.1) is 0 Å². The maximum Gasteiger partial charge on any atom is 0.0820 e. The molecule has 0 aliphatic carbocycles. The molecule has 3 nitrogen and oxygen atoms in total. The Morgan fingerprint density at radius 2 is 0.816 bits per heavy atom. The molecule has 3 heteroatoms. The summed E-state index contributed by atoms with van der Waals surface area (Å²) in [5.74, 6) is 0. The Balaban J connectivity index is 1.88. The lowest BCUT2D eigenvalue weighted by atomic mass is 9.99. The summed E-state index contributed by atoms with van der Waals surface area (Å²) in [5, 5.41) is 0. The Morgan fingerprint density at radius 1 is 0.500 bits per heavy atom. The first-order valence-electron chi connectivity index (χ1n) is 15.0. The Hall–Kier alpha value is -3.07. The third-order valence-electron chi connectivity index (χ3n) is 7.05. The second-order valence-electron chi connectivity index (χ2n) is 10.3. The first-order valence-corrected chi connectivity index (χ1v) is 15.0. The lowest BCUT2D eigenvalue weighted by Gasteiger charge is -2.11. The van der Waals surface area contributed by atoms with E-state index in [0.717, 1.165) is 48.4 Å². The number of aryl methyl sites for hydroxylation is 4. The van der Waals surface area contributed by atoms with Gasteiger partial charge in [0, 0.05) is 0 Å². The van der Waals surface area contributed by atoms with Crippen LogP contribution in [0.2, 0.25) is 0 Å². The zero-order valence-electron chi connectivity index (χ0n) is 24.2. The van der Waals surface area contributed by atoms with Crippen molar-refractivity contribution in [3.63, 3.8) is 0 Å². The van der Waals surface area contributed by atoms with E-state index in [0.29, 0.717) is 0 Å². The van der Waals surface area contributed by atoms with Crippen molar-refractivity contribution in [2.75, 3.05) is 0 Å². The molecule has 0 fully saturated rings. The highest BCUT2D eigenvalue weighted by atomic mass is 14.8. The molecule has 0 bridgehead atoms. The summed E-state index contributed by atoms with van der Waals surface area (Å²) in [6.45, 7) is 8.98. The van der Waals surface area contributed by atoms with Gasteiger partial charge in [0.2, 0.25) is 0 Å². The number of aliphatic imine (C=N–C) groups is 2. The normalized spacial score (nSPS) is 11.7. The first kappa shape index (κ1) is 29.5. The third kappa shape index (κ3) is 9.04. The van der Waals surface area contributed by atoms with Gasteiger partial charge in [-0.05, 0) is 85.8 Å². The molecule has 2 aromatic carbocycles. The molecule has 0 unspecified atom stereocenters. The molecule has 1 heterocycles. The average Bonchev–Trinajstić information content (AvgIpc) is 2.95. The standard InChI is InChI=1S/C35H47N3/c1-5-9-16-28-20-13-21-29(17-10-6-2)34(28)36-26-32-24-15-25-33(38-32)27-37-35-30(18-11-7-3)22-14-23-31(35)19-12-8-4/h13-15,20-27H,5-12,16-19H2,1-4H3. The quantitative estimate of drug-likeness (QED) is 0.177. The lowest BCUT2D eigenvalue weighted by Crippen LogP contribution is -1.96. The summed E-state index contributed by atoms with van der Waals surface area (Å²) < 4.78 is 0. The van der Waals surface area contributed by atoms with Crippen LogP contribution in [0.5, 0.6) is 0 Å². The van der Waals surface area contributed by atoms with Crippen LogP contribution in [0.4, 0.5) is 11.4 Å². The minimum atomic E-state index is 0.867. The van der Waals surface area contributed by atoms with Crippen LogP contribution in [0.15, 0.2) is 64.6 Å². The van der Waals surface area contributed by atoms with Gasteiger partial charge in [0.1, 0.15) is 0 Å². The van der Waals surface area contributed by atoms with Gasteiger partial charge in [-0.25, -0.2) is 4.98 Å². The van der Waals surface area contributed by atoms with Crippen molar-refractivity contribution < 1.29 is 0 Å². The highest BCUT2D eigenvalue weighted by Crippen LogP contribution is 2.29. The van der Waals surface area contributed by atoms with Gasteiger partial charge < -0.3 is 0 Å². The number of unbranched alkanes of at least 4 members (excludes halogenated alkanes) is 4. The van der Waals surface area contributed by atoms with Crippen LogP contribution in [-0.4, -0.2) is 17.4 Å². The molecular formula is C35H47N3. The third-order valence-corrected chi connectivity index (χ3v) is 7.05. The number of aromatic nitrogens is 1. The van der Waals surface area contributed by atoms with E-state index in [9.17, 15) is 0 Å². The van der Waals surface area contributed by atoms with Crippen LogP contribution in [0, 0.1) is 0 Å². The largest absolute Gasteiger partial charge is 0.254 e. The van der Waals surface area contributed by atoms with Gasteiger partial charge in [-0.2, -0.15) is 0 Å². The van der Waals surface area contributed by atoms with Crippen LogP contribution in [0.25, 0.3) is 0 Å². The van der Waals surface area contributed by atoms with Crippen molar-refractivity contribution in [2.24, 2.45) is 9.98 Å². The molecular weight excluding hydrogens is 462 g/mol. The number of pyridine rings is 1. The van der Waals surface area contributed by atoms with E-state index in [2.05, 4.69) is 70.2 Å². The Bertz CT molecular complexity index is 1030. The van der Waals surface area contributed by atoms with Gasteiger partial charge in [-0.3, -0.25) is 9.98 Å². The highest BCUT2D eigenvalue weighted by Gasteiger charge is 2.09. The molecule has 0 atom stereocenters. The minimum Gasteiger partial charge on any atom is -0.254 e. The Labute approximate surface area is 231 Å². The SMILES string of the molecule is CCCCc1cccc(CCCC)c1N=Cc1cccc(C=Nc2c(CCCC)cccc2CCCC)n1. The van der Waals surface area contributed by atoms with Crippen LogP contribution in [0.3, 0.4) is 0 Å². The highest BCUT2D eigenvalue weighted by molar-refractivity contribution is 5.85. The van der Waals surface area contributed by atoms with Crippen molar-refractivity contribution >= 4 is 23.8 Å². The van der Waals surface area contributed by atoms with Crippen molar-refractivity contribution in [1.82, 2.24) is 4.98 Å². The number of hydrogen-bond acceptors (Lipinski definition) is 3. The number of para-hydroxylation sites is 2. The van der Waals surface area contributed by atoms with Crippen LogP contribution < -0.4 is 0 Å². The van der Waals surface area contributed by atoms with Gasteiger partial charge in [-0.1, -0.05) is 95.8 Å². The lowest BCUT2D eigenvalue weighted by molar-refractivity contribution is 0.781. The maximum atomic E-state index is 5.01. The molecule has 0 amide bonds. The fourth-order valence-corrected chi connectivity index (χ4v) is 4.77. The van der Waals surface area contributed by atoms with Crippen molar-refractivity contribution in [3.05, 3.63) is 88.2 Å². The molecule has 3 rings (SSSR count).